The molecule has 2 aromatic carbocycles. The molecule has 1 amide bonds. The SMILES string of the molecule is COc1cccc(CN(C)C(=O)COc2ccc(F)cc2Cl)c1. The van der Waals surface area contributed by atoms with Crippen LogP contribution < -0.4 is 9.47 Å². The van der Waals surface area contributed by atoms with Crippen LogP contribution >= 0.6 is 11.6 Å². The zero-order valence-electron chi connectivity index (χ0n) is 12.9. The van der Waals surface area contributed by atoms with E-state index in [2.05, 4.69) is 0 Å². The molecule has 0 aliphatic carbocycles. The van der Waals surface area contributed by atoms with Crippen molar-refractivity contribution < 1.29 is 18.7 Å². The van der Waals surface area contributed by atoms with Crippen molar-refractivity contribution in [2.45, 2.75) is 6.54 Å². The molecule has 0 spiro atoms. The van der Waals surface area contributed by atoms with Gasteiger partial charge >= 0.3 is 0 Å². The summed E-state index contributed by atoms with van der Waals surface area (Å²) in [6, 6.07) is 11.2. The Morgan fingerprint density at radius 1 is 1.26 bits per heavy atom. The lowest BCUT2D eigenvalue weighted by molar-refractivity contribution is -0.132. The predicted molar refractivity (Wildman–Crippen MR) is 86.4 cm³/mol. The number of rotatable bonds is 6. The van der Waals surface area contributed by atoms with E-state index in [1.807, 2.05) is 24.3 Å². The number of halogens is 2. The van der Waals surface area contributed by atoms with E-state index in [0.717, 1.165) is 17.4 Å². The highest BCUT2D eigenvalue weighted by Crippen LogP contribution is 2.24. The summed E-state index contributed by atoms with van der Waals surface area (Å²) in [7, 11) is 3.27. The van der Waals surface area contributed by atoms with Gasteiger partial charge in [0.05, 0.1) is 12.1 Å². The van der Waals surface area contributed by atoms with Crippen molar-refractivity contribution in [3.8, 4) is 11.5 Å². The Morgan fingerprint density at radius 3 is 2.74 bits per heavy atom. The van der Waals surface area contributed by atoms with Crippen LogP contribution in [0, 0.1) is 5.82 Å². The molecule has 0 aromatic heterocycles. The third kappa shape index (κ3) is 4.86. The summed E-state index contributed by atoms with van der Waals surface area (Å²) in [5, 5.41) is 0.133. The van der Waals surface area contributed by atoms with Crippen LogP contribution in [0.5, 0.6) is 11.5 Å². The number of hydrogen-bond donors (Lipinski definition) is 0. The number of carbonyl (C=O) groups is 1. The number of methoxy groups -OCH3 is 1. The van der Waals surface area contributed by atoms with Gasteiger partial charge in [0.25, 0.3) is 5.91 Å². The first-order valence-electron chi connectivity index (χ1n) is 6.94. The summed E-state index contributed by atoms with van der Waals surface area (Å²) in [5.41, 5.74) is 0.944. The average molecular weight is 338 g/mol. The van der Waals surface area contributed by atoms with Gasteiger partial charge in [0.2, 0.25) is 0 Å². The molecular formula is C17H17ClFNO3. The minimum atomic E-state index is -0.455. The van der Waals surface area contributed by atoms with Gasteiger partial charge in [-0.3, -0.25) is 4.79 Å². The quantitative estimate of drug-likeness (QED) is 0.809. The van der Waals surface area contributed by atoms with Crippen LogP contribution in [-0.2, 0) is 11.3 Å². The van der Waals surface area contributed by atoms with Crippen molar-refractivity contribution in [2.24, 2.45) is 0 Å². The molecule has 0 bridgehead atoms. The van der Waals surface area contributed by atoms with Gasteiger partial charge in [0, 0.05) is 13.6 Å². The lowest BCUT2D eigenvalue weighted by Gasteiger charge is -2.18. The van der Waals surface area contributed by atoms with Crippen molar-refractivity contribution >= 4 is 17.5 Å². The highest BCUT2D eigenvalue weighted by Gasteiger charge is 2.12. The molecule has 0 radical (unpaired) electrons. The topological polar surface area (TPSA) is 38.8 Å². The third-order valence-electron chi connectivity index (χ3n) is 3.22. The number of carbonyl (C=O) groups excluding carboxylic acids is 1. The van der Waals surface area contributed by atoms with Crippen LogP contribution in [0.1, 0.15) is 5.56 Å². The summed E-state index contributed by atoms with van der Waals surface area (Å²) in [6.07, 6.45) is 0. The molecule has 0 unspecified atom stereocenters. The number of benzene rings is 2. The number of likely N-dealkylation sites (N-methyl/N-ethyl adjacent to an activating group) is 1. The normalized spacial score (nSPS) is 10.3. The minimum absolute atomic E-state index is 0.133. The van der Waals surface area contributed by atoms with Crippen LogP contribution in [-0.4, -0.2) is 31.6 Å². The molecule has 0 heterocycles. The second-order valence-corrected chi connectivity index (χ2v) is 5.37. The smallest absolute Gasteiger partial charge is 0.260 e. The molecule has 4 nitrogen and oxygen atoms in total. The van der Waals surface area contributed by atoms with Crippen molar-refractivity contribution in [3.05, 3.63) is 58.9 Å². The van der Waals surface area contributed by atoms with Gasteiger partial charge in [-0.2, -0.15) is 0 Å². The Labute approximate surface area is 139 Å². The Hall–Kier alpha value is -2.27. The van der Waals surface area contributed by atoms with E-state index in [1.165, 1.54) is 17.0 Å². The first-order chi connectivity index (χ1) is 11.0. The van der Waals surface area contributed by atoms with Crippen LogP contribution in [0.25, 0.3) is 0 Å². The number of hydrogen-bond acceptors (Lipinski definition) is 3. The summed E-state index contributed by atoms with van der Waals surface area (Å²) in [6.45, 7) is 0.252. The average Bonchev–Trinajstić information content (AvgIpc) is 2.54. The molecule has 23 heavy (non-hydrogen) atoms. The summed E-state index contributed by atoms with van der Waals surface area (Å²) in [4.78, 5) is 13.6. The first-order valence-corrected chi connectivity index (χ1v) is 7.32. The largest absolute Gasteiger partial charge is 0.497 e. The fourth-order valence-electron chi connectivity index (χ4n) is 1.97. The molecule has 0 aliphatic rings. The van der Waals surface area contributed by atoms with E-state index in [-0.39, 0.29) is 23.3 Å². The second-order valence-electron chi connectivity index (χ2n) is 4.96. The fraction of sp³-hybridized carbons (Fsp3) is 0.235. The highest BCUT2D eigenvalue weighted by molar-refractivity contribution is 6.32. The van der Waals surface area contributed by atoms with Gasteiger partial charge in [-0.1, -0.05) is 23.7 Å². The monoisotopic (exact) mass is 337 g/mol. The molecule has 0 N–H and O–H groups in total. The fourth-order valence-corrected chi connectivity index (χ4v) is 2.20. The van der Waals surface area contributed by atoms with Crippen LogP contribution in [0.15, 0.2) is 42.5 Å². The van der Waals surface area contributed by atoms with Gasteiger partial charge in [-0.15, -0.1) is 0 Å². The molecule has 2 aromatic rings. The van der Waals surface area contributed by atoms with Gasteiger partial charge in [-0.25, -0.2) is 4.39 Å². The standard InChI is InChI=1S/C17H17ClFNO3/c1-20(10-12-4-3-5-14(8-12)22-2)17(21)11-23-16-7-6-13(19)9-15(16)18/h3-9H,10-11H2,1-2H3. The number of ether oxygens (including phenoxy) is 2. The Balaban J connectivity index is 1.91. The molecule has 0 saturated carbocycles. The molecule has 0 saturated heterocycles. The first kappa shape index (κ1) is 17.1. The van der Waals surface area contributed by atoms with Gasteiger partial charge < -0.3 is 14.4 Å². The van der Waals surface area contributed by atoms with Crippen LogP contribution in [0.2, 0.25) is 5.02 Å². The highest BCUT2D eigenvalue weighted by atomic mass is 35.5. The van der Waals surface area contributed by atoms with Crippen LogP contribution in [0.3, 0.4) is 0 Å². The summed E-state index contributed by atoms with van der Waals surface area (Å²) >= 11 is 5.85. The zero-order valence-corrected chi connectivity index (χ0v) is 13.6. The van der Waals surface area contributed by atoms with E-state index in [4.69, 9.17) is 21.1 Å². The lowest BCUT2D eigenvalue weighted by Crippen LogP contribution is -2.31. The number of nitrogens with zero attached hydrogens (tertiary/aromatic N) is 1. The Bertz CT molecular complexity index is 693. The van der Waals surface area contributed by atoms with Crippen molar-refractivity contribution in [3.63, 3.8) is 0 Å². The van der Waals surface area contributed by atoms with Gasteiger partial charge in [0.15, 0.2) is 6.61 Å². The Kier molecular flexibility index (Phi) is 5.82. The van der Waals surface area contributed by atoms with Crippen LogP contribution in [0.4, 0.5) is 4.39 Å². The van der Waals surface area contributed by atoms with Crippen molar-refractivity contribution in [1.82, 2.24) is 4.90 Å². The third-order valence-corrected chi connectivity index (χ3v) is 3.52. The maximum Gasteiger partial charge on any atom is 0.260 e. The molecule has 0 fully saturated rings. The van der Waals surface area contributed by atoms with E-state index in [1.54, 1.807) is 14.2 Å². The summed E-state index contributed by atoms with van der Waals surface area (Å²) in [5.74, 6) is 0.339. The predicted octanol–water partition coefficient (Wildman–Crippen LogP) is 3.53. The molecular weight excluding hydrogens is 321 g/mol. The van der Waals surface area contributed by atoms with Crippen molar-refractivity contribution in [2.75, 3.05) is 20.8 Å². The van der Waals surface area contributed by atoms with E-state index >= 15 is 0 Å². The lowest BCUT2D eigenvalue weighted by atomic mass is 10.2. The molecule has 2 rings (SSSR count). The van der Waals surface area contributed by atoms with Gasteiger partial charge in [0.1, 0.15) is 17.3 Å². The van der Waals surface area contributed by atoms with E-state index in [9.17, 15) is 9.18 Å². The van der Waals surface area contributed by atoms with E-state index < -0.39 is 5.82 Å². The van der Waals surface area contributed by atoms with Gasteiger partial charge in [-0.05, 0) is 35.9 Å². The summed E-state index contributed by atoms with van der Waals surface area (Å²) < 4.78 is 23.4. The molecule has 0 aliphatic heterocycles. The number of amides is 1. The molecule has 0 atom stereocenters. The second kappa shape index (κ2) is 7.83. The van der Waals surface area contributed by atoms with Crippen molar-refractivity contribution in [1.29, 1.82) is 0 Å². The minimum Gasteiger partial charge on any atom is -0.497 e. The maximum atomic E-state index is 13.0. The molecule has 6 heteroatoms. The zero-order chi connectivity index (χ0) is 16.8. The maximum absolute atomic E-state index is 13.0. The Morgan fingerprint density at radius 2 is 2.04 bits per heavy atom. The van der Waals surface area contributed by atoms with E-state index in [0.29, 0.717) is 6.54 Å². The molecule has 122 valence electrons.